The summed E-state index contributed by atoms with van der Waals surface area (Å²) in [7, 11) is -3.72. The maximum absolute atomic E-state index is 12.3. The van der Waals surface area contributed by atoms with Crippen LogP contribution in [0.5, 0.6) is 0 Å². The predicted octanol–water partition coefficient (Wildman–Crippen LogP) is 3.68. The minimum Gasteiger partial charge on any atom is -0.397 e. The van der Waals surface area contributed by atoms with Gasteiger partial charge in [-0.25, -0.2) is 8.42 Å². The lowest BCUT2D eigenvalue weighted by Gasteiger charge is -2.11. The van der Waals surface area contributed by atoms with Crippen molar-refractivity contribution in [2.45, 2.75) is 11.8 Å². The predicted molar refractivity (Wildman–Crippen MR) is 82.9 cm³/mol. The Kier molecular flexibility index (Phi) is 4.13. The summed E-state index contributed by atoms with van der Waals surface area (Å²) in [6.07, 6.45) is 0. The number of hydrogen-bond acceptors (Lipinski definition) is 3. The molecule has 0 radical (unpaired) electrons. The zero-order valence-electron chi connectivity index (χ0n) is 10.5. The third-order valence-electron chi connectivity index (χ3n) is 2.66. The molecule has 0 amide bonds. The van der Waals surface area contributed by atoms with Crippen molar-refractivity contribution in [2.24, 2.45) is 0 Å². The Morgan fingerprint density at radius 2 is 1.70 bits per heavy atom. The molecule has 0 saturated heterocycles. The van der Waals surface area contributed by atoms with Gasteiger partial charge in [0, 0.05) is 10.7 Å². The van der Waals surface area contributed by atoms with Crippen LogP contribution in [0.3, 0.4) is 0 Å². The van der Waals surface area contributed by atoms with Crippen LogP contribution in [0, 0.1) is 6.92 Å². The maximum atomic E-state index is 12.3. The third kappa shape index (κ3) is 3.17. The van der Waals surface area contributed by atoms with Gasteiger partial charge in [0.25, 0.3) is 10.0 Å². The summed E-state index contributed by atoms with van der Waals surface area (Å²) in [6, 6.07) is 9.14. The van der Waals surface area contributed by atoms with E-state index >= 15 is 0 Å². The van der Waals surface area contributed by atoms with Crippen LogP contribution in [0.25, 0.3) is 0 Å². The Hall–Kier alpha value is -1.43. The summed E-state index contributed by atoms with van der Waals surface area (Å²) in [5.74, 6) is 0. The van der Waals surface area contributed by atoms with Gasteiger partial charge in [-0.2, -0.15) is 0 Å². The van der Waals surface area contributed by atoms with E-state index in [-0.39, 0.29) is 10.6 Å². The fraction of sp³-hybridized carbons (Fsp3) is 0.0769. The molecular formula is C13H12Cl2N2O2S. The molecule has 2 aromatic carbocycles. The van der Waals surface area contributed by atoms with Crippen LogP contribution in [0.2, 0.25) is 10.0 Å². The summed E-state index contributed by atoms with van der Waals surface area (Å²) in [5, 5.41) is 0.884. The van der Waals surface area contributed by atoms with E-state index in [1.165, 1.54) is 12.1 Å². The highest BCUT2D eigenvalue weighted by Gasteiger charge is 2.17. The van der Waals surface area contributed by atoms with Crippen molar-refractivity contribution in [3.05, 3.63) is 52.0 Å². The van der Waals surface area contributed by atoms with Gasteiger partial charge < -0.3 is 5.73 Å². The lowest BCUT2D eigenvalue weighted by Crippen LogP contribution is -2.13. The number of hydrogen-bond donors (Lipinski definition) is 2. The highest BCUT2D eigenvalue weighted by atomic mass is 35.5. The van der Waals surface area contributed by atoms with Crippen molar-refractivity contribution in [2.75, 3.05) is 10.5 Å². The second-order valence-corrected chi connectivity index (χ2v) is 6.75. The summed E-state index contributed by atoms with van der Waals surface area (Å²) >= 11 is 11.7. The number of nitrogen functional groups attached to an aromatic ring is 1. The topological polar surface area (TPSA) is 72.2 Å². The van der Waals surface area contributed by atoms with Gasteiger partial charge >= 0.3 is 0 Å². The maximum Gasteiger partial charge on any atom is 0.261 e. The third-order valence-corrected chi connectivity index (χ3v) is 4.79. The molecule has 0 fully saturated rings. The number of aryl methyl sites for hydroxylation is 1. The van der Waals surface area contributed by atoms with Gasteiger partial charge in [0.1, 0.15) is 0 Å². The smallest absolute Gasteiger partial charge is 0.261 e. The molecule has 0 aromatic heterocycles. The molecule has 0 saturated carbocycles. The van der Waals surface area contributed by atoms with Crippen LogP contribution in [-0.2, 0) is 10.0 Å². The van der Waals surface area contributed by atoms with Gasteiger partial charge in [0.05, 0.1) is 15.6 Å². The van der Waals surface area contributed by atoms with E-state index in [2.05, 4.69) is 4.72 Å². The van der Waals surface area contributed by atoms with E-state index < -0.39 is 10.0 Å². The Labute approximate surface area is 127 Å². The van der Waals surface area contributed by atoms with Gasteiger partial charge in [-0.3, -0.25) is 4.72 Å². The van der Waals surface area contributed by atoms with Crippen molar-refractivity contribution in [3.63, 3.8) is 0 Å². The number of rotatable bonds is 3. The standard InChI is InChI=1S/C13H12Cl2N2O2S/c1-8-6-11(7-12(16)13(8)15)20(18,19)17-10-4-2-9(14)3-5-10/h2-7,17H,16H2,1H3. The van der Waals surface area contributed by atoms with E-state index in [1.807, 2.05) is 0 Å². The van der Waals surface area contributed by atoms with Gasteiger partial charge in [-0.05, 0) is 48.9 Å². The zero-order valence-corrected chi connectivity index (χ0v) is 12.9. The van der Waals surface area contributed by atoms with Gasteiger partial charge in [0.15, 0.2) is 0 Å². The zero-order chi connectivity index (χ0) is 14.9. The van der Waals surface area contributed by atoms with Gasteiger partial charge in [-0.1, -0.05) is 23.2 Å². The summed E-state index contributed by atoms with van der Waals surface area (Å²) < 4.78 is 27.0. The van der Waals surface area contributed by atoms with E-state index in [0.717, 1.165) is 0 Å². The van der Waals surface area contributed by atoms with Gasteiger partial charge in [0.2, 0.25) is 0 Å². The highest BCUT2D eigenvalue weighted by Crippen LogP contribution is 2.28. The molecule has 4 nitrogen and oxygen atoms in total. The molecule has 0 bridgehead atoms. The number of anilines is 2. The molecule has 0 unspecified atom stereocenters. The van der Waals surface area contributed by atoms with Crippen LogP contribution >= 0.6 is 23.2 Å². The van der Waals surface area contributed by atoms with Crippen molar-refractivity contribution >= 4 is 44.6 Å². The molecule has 0 aliphatic carbocycles. The highest BCUT2D eigenvalue weighted by molar-refractivity contribution is 7.92. The van der Waals surface area contributed by atoms with E-state index in [9.17, 15) is 8.42 Å². The lowest BCUT2D eigenvalue weighted by atomic mass is 10.2. The number of halogens is 2. The SMILES string of the molecule is Cc1cc(S(=O)(=O)Nc2ccc(Cl)cc2)cc(N)c1Cl. The molecule has 3 N–H and O–H groups in total. The second kappa shape index (κ2) is 5.52. The molecule has 20 heavy (non-hydrogen) atoms. The van der Waals surface area contributed by atoms with Crippen molar-refractivity contribution < 1.29 is 8.42 Å². The molecule has 7 heteroatoms. The first kappa shape index (κ1) is 15.0. The molecule has 2 rings (SSSR count). The van der Waals surface area contributed by atoms with Crippen molar-refractivity contribution in [1.82, 2.24) is 0 Å². The molecule has 106 valence electrons. The lowest BCUT2D eigenvalue weighted by molar-refractivity contribution is 0.601. The largest absolute Gasteiger partial charge is 0.397 e. The minimum atomic E-state index is -3.72. The molecule has 0 spiro atoms. The molecule has 0 aliphatic rings. The Balaban J connectivity index is 2.38. The first-order valence-corrected chi connectivity index (χ1v) is 7.87. The van der Waals surface area contributed by atoms with Crippen LogP contribution in [0.4, 0.5) is 11.4 Å². The van der Waals surface area contributed by atoms with E-state index in [1.54, 1.807) is 31.2 Å². The first-order valence-electron chi connectivity index (χ1n) is 5.63. The molecule has 0 heterocycles. The number of sulfonamides is 1. The van der Waals surface area contributed by atoms with Crippen molar-refractivity contribution in [3.8, 4) is 0 Å². The average Bonchev–Trinajstić information content (AvgIpc) is 2.38. The average molecular weight is 331 g/mol. The summed E-state index contributed by atoms with van der Waals surface area (Å²) in [5.41, 5.74) is 6.93. The molecule has 2 aromatic rings. The molecule has 0 atom stereocenters. The fourth-order valence-corrected chi connectivity index (χ4v) is 3.06. The molecular weight excluding hydrogens is 319 g/mol. The summed E-state index contributed by atoms with van der Waals surface area (Å²) in [4.78, 5) is 0.0619. The van der Waals surface area contributed by atoms with Crippen LogP contribution in [-0.4, -0.2) is 8.42 Å². The summed E-state index contributed by atoms with van der Waals surface area (Å²) in [6.45, 7) is 1.69. The Bertz CT molecular complexity index is 720. The number of nitrogens with two attached hydrogens (primary N) is 1. The monoisotopic (exact) mass is 330 g/mol. The number of nitrogens with one attached hydrogen (secondary N) is 1. The minimum absolute atomic E-state index is 0.0619. The Morgan fingerprint density at radius 1 is 1.10 bits per heavy atom. The van der Waals surface area contributed by atoms with E-state index in [0.29, 0.717) is 21.3 Å². The fourth-order valence-electron chi connectivity index (χ4n) is 1.65. The second-order valence-electron chi connectivity index (χ2n) is 4.26. The normalized spacial score (nSPS) is 11.3. The Morgan fingerprint density at radius 3 is 2.25 bits per heavy atom. The van der Waals surface area contributed by atoms with Crippen LogP contribution in [0.15, 0.2) is 41.3 Å². The van der Waals surface area contributed by atoms with Gasteiger partial charge in [-0.15, -0.1) is 0 Å². The number of benzene rings is 2. The van der Waals surface area contributed by atoms with Crippen molar-refractivity contribution in [1.29, 1.82) is 0 Å². The molecule has 0 aliphatic heterocycles. The van der Waals surface area contributed by atoms with E-state index in [4.69, 9.17) is 28.9 Å². The van der Waals surface area contributed by atoms with Crippen LogP contribution in [0.1, 0.15) is 5.56 Å². The quantitative estimate of drug-likeness (QED) is 0.843. The van der Waals surface area contributed by atoms with Crippen LogP contribution < -0.4 is 10.5 Å². The first-order chi connectivity index (χ1) is 9.29.